The second-order valence-electron chi connectivity index (χ2n) is 5.27. The van der Waals surface area contributed by atoms with Crippen molar-refractivity contribution in [2.75, 3.05) is 5.73 Å². The fourth-order valence-electron chi connectivity index (χ4n) is 2.57. The van der Waals surface area contributed by atoms with Crippen LogP contribution in [0.15, 0.2) is 18.2 Å². The number of benzene rings is 1. The number of hydrogen-bond acceptors (Lipinski definition) is 5. The minimum atomic E-state index is -0.475. The van der Waals surface area contributed by atoms with Crippen molar-refractivity contribution in [2.24, 2.45) is 0 Å². The number of hydrogen-bond donors (Lipinski definition) is 1. The van der Waals surface area contributed by atoms with Crippen LogP contribution in [0.25, 0.3) is 0 Å². The van der Waals surface area contributed by atoms with Gasteiger partial charge in [0.2, 0.25) is 0 Å². The van der Waals surface area contributed by atoms with Gasteiger partial charge in [-0.3, -0.25) is 10.1 Å². The highest BCUT2D eigenvalue weighted by Gasteiger charge is 2.25. The molecular weight excluding hydrogens is 260 g/mol. The molecule has 1 aliphatic heterocycles. The van der Waals surface area contributed by atoms with Gasteiger partial charge < -0.3 is 15.2 Å². The number of rotatable bonds is 4. The molecule has 1 aromatic carbocycles. The third-order valence-corrected chi connectivity index (χ3v) is 3.50. The molecule has 0 saturated carbocycles. The van der Waals surface area contributed by atoms with Gasteiger partial charge in [0.25, 0.3) is 5.69 Å². The minimum absolute atomic E-state index is 0.0696. The van der Waals surface area contributed by atoms with Crippen LogP contribution in [0.4, 0.5) is 11.4 Å². The zero-order valence-corrected chi connectivity index (χ0v) is 11.7. The number of anilines is 1. The highest BCUT2D eigenvalue weighted by atomic mass is 16.6. The lowest BCUT2D eigenvalue weighted by atomic mass is 10.0. The largest absolute Gasteiger partial charge is 0.393 e. The van der Waals surface area contributed by atoms with Crippen molar-refractivity contribution in [2.45, 2.75) is 51.6 Å². The molecule has 0 spiro atoms. The Kier molecular flexibility index (Phi) is 4.57. The van der Waals surface area contributed by atoms with E-state index >= 15 is 0 Å². The van der Waals surface area contributed by atoms with Crippen molar-refractivity contribution in [1.82, 2.24) is 0 Å². The number of nitrogen functional groups attached to an aromatic ring is 1. The van der Waals surface area contributed by atoms with Gasteiger partial charge in [-0.25, -0.2) is 0 Å². The van der Waals surface area contributed by atoms with Gasteiger partial charge in [0.05, 0.1) is 29.8 Å². The van der Waals surface area contributed by atoms with Gasteiger partial charge in [-0.05, 0) is 26.7 Å². The average Bonchev–Trinajstić information content (AvgIpc) is 2.36. The highest BCUT2D eigenvalue weighted by Crippen LogP contribution is 2.27. The standard InChI is InChI=1S/C14H20N2O4/c1-9-6-12(7-10(2)20-9)19-8-11-4-3-5-13(14(11)15)16(17)18/h3-5,9-10,12H,6-8,15H2,1-2H3. The molecule has 1 saturated heterocycles. The topological polar surface area (TPSA) is 87.6 Å². The van der Waals surface area contributed by atoms with E-state index in [9.17, 15) is 10.1 Å². The van der Waals surface area contributed by atoms with Crippen LogP contribution in [0.1, 0.15) is 32.3 Å². The molecule has 2 unspecified atom stereocenters. The minimum Gasteiger partial charge on any atom is -0.393 e. The Labute approximate surface area is 118 Å². The van der Waals surface area contributed by atoms with Crippen molar-refractivity contribution in [3.63, 3.8) is 0 Å². The molecular formula is C14H20N2O4. The van der Waals surface area contributed by atoms with Crippen LogP contribution in [0.2, 0.25) is 0 Å². The van der Waals surface area contributed by atoms with E-state index in [0.717, 1.165) is 12.8 Å². The number of ether oxygens (including phenoxy) is 2. The van der Waals surface area contributed by atoms with Crippen LogP contribution in [0.5, 0.6) is 0 Å². The summed E-state index contributed by atoms with van der Waals surface area (Å²) in [6.45, 7) is 4.33. The lowest BCUT2D eigenvalue weighted by Crippen LogP contribution is -2.34. The zero-order valence-electron chi connectivity index (χ0n) is 11.7. The molecule has 0 aliphatic carbocycles. The fourth-order valence-corrected chi connectivity index (χ4v) is 2.57. The number of para-hydroxylation sites is 1. The third-order valence-electron chi connectivity index (χ3n) is 3.50. The van der Waals surface area contributed by atoms with E-state index in [4.69, 9.17) is 15.2 Å². The van der Waals surface area contributed by atoms with Gasteiger partial charge in [0.1, 0.15) is 5.69 Å². The normalized spacial score (nSPS) is 26.4. The third kappa shape index (κ3) is 3.46. The van der Waals surface area contributed by atoms with Crippen LogP contribution >= 0.6 is 0 Å². The summed E-state index contributed by atoms with van der Waals surface area (Å²) in [5, 5.41) is 10.8. The summed E-state index contributed by atoms with van der Waals surface area (Å²) < 4.78 is 11.5. The van der Waals surface area contributed by atoms with Crippen molar-refractivity contribution in [1.29, 1.82) is 0 Å². The van der Waals surface area contributed by atoms with Gasteiger partial charge >= 0.3 is 0 Å². The summed E-state index contributed by atoms with van der Waals surface area (Å²) in [6.07, 6.45) is 2.11. The first kappa shape index (κ1) is 14.7. The number of nitro groups is 1. The molecule has 2 rings (SSSR count). The van der Waals surface area contributed by atoms with E-state index in [1.165, 1.54) is 6.07 Å². The monoisotopic (exact) mass is 280 g/mol. The SMILES string of the molecule is CC1CC(OCc2cccc([N+](=O)[O-])c2N)CC(C)O1. The molecule has 110 valence electrons. The van der Waals surface area contributed by atoms with Gasteiger partial charge in [0.15, 0.2) is 0 Å². The first-order valence-corrected chi connectivity index (χ1v) is 6.76. The van der Waals surface area contributed by atoms with Gasteiger partial charge in [0, 0.05) is 11.6 Å². The summed E-state index contributed by atoms with van der Waals surface area (Å²) >= 11 is 0. The van der Waals surface area contributed by atoms with Crippen molar-refractivity contribution in [3.8, 4) is 0 Å². The lowest BCUT2D eigenvalue weighted by Gasteiger charge is -2.32. The molecule has 6 heteroatoms. The van der Waals surface area contributed by atoms with Crippen molar-refractivity contribution >= 4 is 11.4 Å². The summed E-state index contributed by atoms with van der Waals surface area (Å²) in [7, 11) is 0. The Balaban J connectivity index is 2.00. The predicted octanol–water partition coefficient (Wildman–Crippen LogP) is 2.65. The molecule has 1 heterocycles. The Morgan fingerprint density at radius 3 is 2.65 bits per heavy atom. The molecule has 1 aromatic rings. The number of nitrogens with two attached hydrogens (primary N) is 1. The van der Waals surface area contributed by atoms with E-state index in [1.807, 2.05) is 13.8 Å². The molecule has 2 atom stereocenters. The number of nitrogens with zero attached hydrogens (tertiary/aromatic N) is 1. The molecule has 2 N–H and O–H groups in total. The molecule has 0 aromatic heterocycles. The Morgan fingerprint density at radius 1 is 1.40 bits per heavy atom. The van der Waals surface area contributed by atoms with Crippen LogP contribution in [-0.2, 0) is 16.1 Å². The first-order chi connectivity index (χ1) is 9.47. The van der Waals surface area contributed by atoms with Crippen molar-refractivity contribution in [3.05, 3.63) is 33.9 Å². The van der Waals surface area contributed by atoms with Crippen LogP contribution in [0, 0.1) is 10.1 Å². The maximum atomic E-state index is 10.8. The van der Waals surface area contributed by atoms with Gasteiger partial charge in [-0.15, -0.1) is 0 Å². The smallest absolute Gasteiger partial charge is 0.292 e. The van der Waals surface area contributed by atoms with Crippen LogP contribution in [0.3, 0.4) is 0 Å². The Morgan fingerprint density at radius 2 is 2.05 bits per heavy atom. The average molecular weight is 280 g/mol. The quantitative estimate of drug-likeness (QED) is 0.520. The second-order valence-corrected chi connectivity index (χ2v) is 5.27. The van der Waals surface area contributed by atoms with Crippen molar-refractivity contribution < 1.29 is 14.4 Å². The molecule has 0 amide bonds. The Bertz CT molecular complexity index is 482. The fraction of sp³-hybridized carbons (Fsp3) is 0.571. The molecule has 0 radical (unpaired) electrons. The summed E-state index contributed by atoms with van der Waals surface area (Å²) in [5.41, 5.74) is 6.58. The maximum absolute atomic E-state index is 10.8. The Hall–Kier alpha value is -1.66. The summed E-state index contributed by atoms with van der Waals surface area (Å²) in [5.74, 6) is 0. The van der Waals surface area contributed by atoms with E-state index in [0.29, 0.717) is 5.56 Å². The van der Waals surface area contributed by atoms with E-state index in [-0.39, 0.29) is 36.3 Å². The first-order valence-electron chi connectivity index (χ1n) is 6.76. The lowest BCUT2D eigenvalue weighted by molar-refractivity contribution is -0.384. The van der Waals surface area contributed by atoms with E-state index in [2.05, 4.69) is 0 Å². The second kappa shape index (κ2) is 6.19. The molecule has 0 bridgehead atoms. The van der Waals surface area contributed by atoms with Gasteiger partial charge in [-0.2, -0.15) is 0 Å². The molecule has 20 heavy (non-hydrogen) atoms. The predicted molar refractivity (Wildman–Crippen MR) is 75.3 cm³/mol. The molecule has 1 aliphatic rings. The summed E-state index contributed by atoms with van der Waals surface area (Å²) in [4.78, 5) is 10.4. The van der Waals surface area contributed by atoms with E-state index < -0.39 is 4.92 Å². The molecule has 6 nitrogen and oxygen atoms in total. The van der Waals surface area contributed by atoms with Gasteiger partial charge in [-0.1, -0.05) is 12.1 Å². The summed E-state index contributed by atoms with van der Waals surface area (Å²) in [6, 6.07) is 4.79. The highest BCUT2D eigenvalue weighted by molar-refractivity contribution is 5.62. The maximum Gasteiger partial charge on any atom is 0.292 e. The zero-order chi connectivity index (χ0) is 14.7. The van der Waals surface area contributed by atoms with Crippen LogP contribution < -0.4 is 5.73 Å². The molecule has 1 fully saturated rings. The van der Waals surface area contributed by atoms with E-state index in [1.54, 1.807) is 12.1 Å². The number of nitro benzene ring substituents is 1. The van der Waals surface area contributed by atoms with Crippen LogP contribution in [-0.4, -0.2) is 23.2 Å².